The molecule has 0 heterocycles. The molecule has 5 saturated carbocycles. The van der Waals surface area contributed by atoms with Crippen molar-refractivity contribution < 1.29 is 37.5 Å². The lowest BCUT2D eigenvalue weighted by molar-refractivity contribution is -0.150. The van der Waals surface area contributed by atoms with Crippen LogP contribution >= 0.6 is 7.60 Å². The highest BCUT2D eigenvalue weighted by Crippen LogP contribution is 2.58. The number of ketones is 1. The van der Waals surface area contributed by atoms with E-state index >= 15 is 0 Å². The predicted octanol–water partition coefficient (Wildman–Crippen LogP) is 7.83. The monoisotopic (exact) mass is 610 g/mol. The lowest BCUT2D eigenvalue weighted by Gasteiger charge is -2.28. The van der Waals surface area contributed by atoms with Crippen LogP contribution in [0.1, 0.15) is 117 Å². The molecule has 240 valence electrons. The Kier molecular flexibility index (Phi) is 13.3. The highest BCUT2D eigenvalue weighted by molar-refractivity contribution is 7.54. The van der Waals surface area contributed by atoms with Crippen LogP contribution in [0.2, 0.25) is 0 Å². The quantitative estimate of drug-likeness (QED) is 0.148. The van der Waals surface area contributed by atoms with Gasteiger partial charge in [-0.1, -0.05) is 12.2 Å². The summed E-state index contributed by atoms with van der Waals surface area (Å²) in [5, 5.41) is 0. The van der Waals surface area contributed by atoms with Crippen molar-refractivity contribution in [1.82, 2.24) is 0 Å². The molecule has 0 amide bonds. The van der Waals surface area contributed by atoms with Gasteiger partial charge in [0.1, 0.15) is 11.9 Å². The first kappa shape index (κ1) is 35.0. The van der Waals surface area contributed by atoms with Crippen LogP contribution < -0.4 is 0 Å². The number of esters is 2. The maximum Gasteiger partial charge on any atom is 0.337 e. The van der Waals surface area contributed by atoms with Crippen molar-refractivity contribution >= 4 is 25.3 Å². The van der Waals surface area contributed by atoms with Crippen molar-refractivity contribution in [2.75, 3.05) is 33.6 Å². The Morgan fingerprint density at radius 2 is 1.07 bits per heavy atom. The molecule has 0 radical (unpaired) electrons. The van der Waals surface area contributed by atoms with Crippen LogP contribution in [0.5, 0.6) is 0 Å². The Bertz CT molecular complexity index is 945. The summed E-state index contributed by atoms with van der Waals surface area (Å²) in [5.41, 5.74) is 2.54. The van der Waals surface area contributed by atoms with Crippen molar-refractivity contribution in [2.45, 2.75) is 117 Å². The third-order valence-corrected chi connectivity index (χ3v) is 12.1. The second-order valence-electron chi connectivity index (χ2n) is 13.2. The van der Waals surface area contributed by atoms with E-state index in [2.05, 4.69) is 6.58 Å². The van der Waals surface area contributed by atoms with Crippen LogP contribution in [0, 0.1) is 28.6 Å². The van der Waals surface area contributed by atoms with Gasteiger partial charge in [-0.25, -0.2) is 0 Å². The first-order valence-electron chi connectivity index (χ1n) is 16.3. The molecule has 0 aromatic rings. The average molecular weight is 611 g/mol. The second kappa shape index (κ2) is 16.0. The lowest BCUT2D eigenvalue weighted by atomic mass is 9.78. The Morgan fingerprint density at radius 1 is 0.690 bits per heavy atom. The minimum atomic E-state index is -3.17. The van der Waals surface area contributed by atoms with Crippen LogP contribution in [0.3, 0.4) is 0 Å². The number of Topliss-reactive ketones (excluding diaryl/α,β-unsaturated/α-hetero) is 1. The van der Waals surface area contributed by atoms with Gasteiger partial charge in [0.2, 0.25) is 0 Å². The van der Waals surface area contributed by atoms with Crippen molar-refractivity contribution in [3.05, 3.63) is 12.2 Å². The molecule has 0 aromatic carbocycles. The summed E-state index contributed by atoms with van der Waals surface area (Å²) in [5.74, 6) is 0.483. The van der Waals surface area contributed by atoms with Crippen molar-refractivity contribution in [3.8, 4) is 0 Å². The predicted molar refractivity (Wildman–Crippen MR) is 163 cm³/mol. The van der Waals surface area contributed by atoms with Gasteiger partial charge in [-0.05, 0) is 127 Å². The van der Waals surface area contributed by atoms with E-state index in [9.17, 15) is 18.9 Å². The first-order valence-corrected chi connectivity index (χ1v) is 18.0. The van der Waals surface area contributed by atoms with Crippen LogP contribution in [-0.2, 0) is 37.5 Å². The molecule has 5 fully saturated rings. The second-order valence-corrected chi connectivity index (χ2v) is 15.4. The van der Waals surface area contributed by atoms with Crippen LogP contribution in [0.25, 0.3) is 0 Å². The van der Waals surface area contributed by atoms with Gasteiger partial charge < -0.3 is 18.5 Å². The van der Waals surface area contributed by atoms with Gasteiger partial charge in [-0.2, -0.15) is 0 Å². The zero-order valence-electron chi connectivity index (χ0n) is 26.6. The summed E-state index contributed by atoms with van der Waals surface area (Å²) in [6, 6.07) is 0. The third kappa shape index (κ3) is 10.6. The van der Waals surface area contributed by atoms with Crippen LogP contribution in [0.15, 0.2) is 12.2 Å². The van der Waals surface area contributed by atoms with Gasteiger partial charge in [-0.3, -0.25) is 18.9 Å². The molecule has 0 aromatic heterocycles. The Labute approximate surface area is 253 Å². The van der Waals surface area contributed by atoms with E-state index in [1.54, 1.807) is 0 Å². The fourth-order valence-electron chi connectivity index (χ4n) is 6.68. The van der Waals surface area contributed by atoms with E-state index in [4.69, 9.17) is 18.5 Å². The average Bonchev–Trinajstić information content (AvgIpc) is 3.93. The number of allylic oxidation sites excluding steroid dienone is 1. The van der Waals surface area contributed by atoms with E-state index in [0.29, 0.717) is 24.0 Å². The molecule has 0 atom stereocenters. The standard InChI is InChI=1S/C12H21O4P.C11H18O2.C10H16O2/c1-15-17(14,16-2)9-11(13)10-3-5-12(6-4-10)7-8-12;1-2-13-10(12)9-3-5-11(6-4-9)7-8-11;1-3-12-10(11)9-6-4-8(2)5-7-9/h10H,3-9H2,1-2H3;9H,2-8H2,1H3;9H,2-7H2,1H3. The normalized spacial score (nSPS) is 24.5. The van der Waals surface area contributed by atoms with Crippen LogP contribution in [0.4, 0.5) is 0 Å². The molecule has 0 unspecified atom stereocenters. The summed E-state index contributed by atoms with van der Waals surface area (Å²) < 4.78 is 31.5. The minimum Gasteiger partial charge on any atom is -0.466 e. The zero-order valence-corrected chi connectivity index (χ0v) is 27.5. The highest BCUT2D eigenvalue weighted by atomic mass is 31.2. The van der Waals surface area contributed by atoms with Crippen LogP contribution in [-0.4, -0.2) is 51.3 Å². The SMILES string of the molecule is C=C1CCC(C(=O)OCC)CC1.CCOC(=O)C1CCC2(CC1)CC2.COP(=O)(CC(=O)C1CCC2(CC1)CC2)OC. The minimum absolute atomic E-state index is 0.0231. The Balaban J connectivity index is 0.000000176. The van der Waals surface area contributed by atoms with E-state index in [1.807, 2.05) is 13.8 Å². The van der Waals surface area contributed by atoms with Gasteiger partial charge in [-0.15, -0.1) is 0 Å². The van der Waals surface area contributed by atoms with Crippen molar-refractivity contribution in [3.63, 3.8) is 0 Å². The maximum absolute atomic E-state index is 12.0. The van der Waals surface area contributed by atoms with E-state index < -0.39 is 7.60 Å². The van der Waals surface area contributed by atoms with E-state index in [-0.39, 0.29) is 41.6 Å². The molecule has 8 nitrogen and oxygen atoms in total. The largest absolute Gasteiger partial charge is 0.466 e. The number of ether oxygens (including phenoxy) is 2. The maximum atomic E-state index is 12.0. The molecule has 42 heavy (non-hydrogen) atoms. The van der Waals surface area contributed by atoms with Crippen molar-refractivity contribution in [2.24, 2.45) is 28.6 Å². The number of carbonyl (C=O) groups excluding carboxylic acids is 3. The molecule has 5 aliphatic rings. The fraction of sp³-hybridized carbons (Fsp3) is 0.848. The Hall–Kier alpha value is -1.50. The molecule has 5 rings (SSSR count). The number of rotatable bonds is 9. The van der Waals surface area contributed by atoms with E-state index in [0.717, 1.165) is 64.2 Å². The summed E-state index contributed by atoms with van der Waals surface area (Å²) in [4.78, 5) is 34.7. The molecular weight excluding hydrogens is 555 g/mol. The Morgan fingerprint density at radius 3 is 1.43 bits per heavy atom. The molecule has 0 saturated heterocycles. The third-order valence-electron chi connectivity index (χ3n) is 10.3. The van der Waals surface area contributed by atoms with E-state index in [1.165, 1.54) is 58.3 Å². The van der Waals surface area contributed by atoms with Gasteiger partial charge in [0, 0.05) is 20.1 Å². The summed E-state index contributed by atoms with van der Waals surface area (Å²) in [7, 11) is -0.508. The number of hydrogen-bond donors (Lipinski definition) is 0. The number of carbonyl (C=O) groups is 3. The fourth-order valence-corrected chi connectivity index (χ4v) is 7.72. The van der Waals surface area contributed by atoms with Gasteiger partial charge in [0.05, 0.1) is 25.0 Å². The molecule has 5 aliphatic carbocycles. The molecule has 0 N–H and O–H groups in total. The molecule has 0 bridgehead atoms. The topological polar surface area (TPSA) is 105 Å². The summed E-state index contributed by atoms with van der Waals surface area (Å²) in [6.07, 6.45) is 18.1. The van der Waals surface area contributed by atoms with Gasteiger partial charge >= 0.3 is 19.5 Å². The van der Waals surface area contributed by atoms with Gasteiger partial charge in [0.15, 0.2) is 0 Å². The molecular formula is C33H55O8P. The zero-order chi connectivity index (χ0) is 30.8. The van der Waals surface area contributed by atoms with Crippen molar-refractivity contribution in [1.29, 1.82) is 0 Å². The molecule has 2 spiro atoms. The number of hydrogen-bond acceptors (Lipinski definition) is 8. The summed E-state index contributed by atoms with van der Waals surface area (Å²) >= 11 is 0. The summed E-state index contributed by atoms with van der Waals surface area (Å²) in [6.45, 7) is 8.65. The molecule has 9 heteroatoms. The van der Waals surface area contributed by atoms with Gasteiger partial charge in [0.25, 0.3) is 0 Å². The molecule has 0 aliphatic heterocycles. The highest BCUT2D eigenvalue weighted by Gasteiger charge is 2.47. The lowest BCUT2D eigenvalue weighted by Crippen LogP contribution is -2.25. The smallest absolute Gasteiger partial charge is 0.337 e. The first-order chi connectivity index (χ1) is 20.0.